The number of hydrogen-bond acceptors (Lipinski definition) is 4. The van der Waals surface area contributed by atoms with Gasteiger partial charge in [-0.1, -0.05) is 0 Å². The van der Waals surface area contributed by atoms with Crippen LogP contribution < -0.4 is 5.32 Å². The Morgan fingerprint density at radius 3 is 2.72 bits per heavy atom. The van der Waals surface area contributed by atoms with E-state index in [2.05, 4.69) is 21.2 Å². The highest BCUT2D eigenvalue weighted by Gasteiger charge is 2.36. The standard InChI is InChI=1S/C12H10BrN3O2/c1-16-11(17)5-10(12(16)18)15-9-3-2-7(6-14)4-8(9)13/h2-4,10,15H,5H2,1H3. The average molecular weight is 308 g/mol. The summed E-state index contributed by atoms with van der Waals surface area (Å²) >= 11 is 3.32. The number of halogens is 1. The molecular formula is C12H10BrN3O2. The van der Waals surface area contributed by atoms with E-state index in [4.69, 9.17) is 5.26 Å². The summed E-state index contributed by atoms with van der Waals surface area (Å²) in [4.78, 5) is 24.2. The minimum Gasteiger partial charge on any atom is -0.372 e. The molecule has 0 radical (unpaired) electrons. The highest BCUT2D eigenvalue weighted by Crippen LogP contribution is 2.26. The van der Waals surface area contributed by atoms with Crippen molar-refractivity contribution in [2.45, 2.75) is 12.5 Å². The van der Waals surface area contributed by atoms with E-state index in [0.717, 1.165) is 4.90 Å². The molecule has 2 rings (SSSR count). The maximum atomic E-state index is 11.7. The molecule has 1 N–H and O–H groups in total. The molecule has 2 amide bonds. The van der Waals surface area contributed by atoms with Crippen molar-refractivity contribution in [3.05, 3.63) is 28.2 Å². The van der Waals surface area contributed by atoms with Crippen LogP contribution in [0.1, 0.15) is 12.0 Å². The van der Waals surface area contributed by atoms with Crippen LogP contribution >= 0.6 is 15.9 Å². The summed E-state index contributed by atoms with van der Waals surface area (Å²) in [6.45, 7) is 0. The van der Waals surface area contributed by atoms with Crippen LogP contribution in [0.15, 0.2) is 22.7 Å². The smallest absolute Gasteiger partial charge is 0.251 e. The molecule has 0 aromatic heterocycles. The molecule has 1 aliphatic rings. The second-order valence-electron chi connectivity index (χ2n) is 4.00. The lowest BCUT2D eigenvalue weighted by Crippen LogP contribution is -2.31. The predicted molar refractivity (Wildman–Crippen MR) is 68.7 cm³/mol. The van der Waals surface area contributed by atoms with Gasteiger partial charge in [-0.25, -0.2) is 0 Å². The normalized spacial score (nSPS) is 18.9. The Balaban J connectivity index is 2.18. The van der Waals surface area contributed by atoms with Crippen molar-refractivity contribution in [1.82, 2.24) is 4.90 Å². The summed E-state index contributed by atoms with van der Waals surface area (Å²) < 4.78 is 0.691. The summed E-state index contributed by atoms with van der Waals surface area (Å²) in [5.41, 5.74) is 1.22. The summed E-state index contributed by atoms with van der Waals surface area (Å²) in [7, 11) is 1.47. The van der Waals surface area contributed by atoms with E-state index in [9.17, 15) is 9.59 Å². The molecule has 0 aliphatic carbocycles. The first-order chi connectivity index (χ1) is 8.52. The fourth-order valence-electron chi connectivity index (χ4n) is 1.76. The van der Waals surface area contributed by atoms with Gasteiger partial charge in [0.05, 0.1) is 18.1 Å². The number of nitrogens with zero attached hydrogens (tertiary/aromatic N) is 2. The molecule has 0 bridgehead atoms. The van der Waals surface area contributed by atoms with Gasteiger partial charge < -0.3 is 5.32 Å². The Labute approximate surface area is 113 Å². The zero-order valence-electron chi connectivity index (χ0n) is 9.61. The molecule has 1 saturated heterocycles. The average Bonchev–Trinajstić information content (AvgIpc) is 2.59. The fraction of sp³-hybridized carbons (Fsp3) is 0.250. The number of carbonyl (C=O) groups is 2. The third-order valence-corrected chi connectivity index (χ3v) is 3.47. The number of likely N-dealkylation sites (tertiary alicyclic amines) is 1. The molecule has 5 nitrogen and oxygen atoms in total. The van der Waals surface area contributed by atoms with Crippen LogP contribution in [0, 0.1) is 11.3 Å². The molecule has 0 spiro atoms. The van der Waals surface area contributed by atoms with E-state index < -0.39 is 6.04 Å². The van der Waals surface area contributed by atoms with Crippen molar-refractivity contribution in [3.63, 3.8) is 0 Å². The highest BCUT2D eigenvalue weighted by molar-refractivity contribution is 9.10. The Kier molecular flexibility index (Phi) is 3.34. The van der Waals surface area contributed by atoms with Crippen LogP contribution in [0.3, 0.4) is 0 Å². The molecule has 1 aromatic rings. The molecule has 1 unspecified atom stereocenters. The molecular weight excluding hydrogens is 298 g/mol. The second kappa shape index (κ2) is 4.78. The van der Waals surface area contributed by atoms with Crippen LogP contribution in [0.2, 0.25) is 0 Å². The predicted octanol–water partition coefficient (Wildman–Crippen LogP) is 1.49. The SMILES string of the molecule is CN1C(=O)CC(Nc2ccc(C#N)cc2Br)C1=O. The minimum atomic E-state index is -0.535. The molecule has 0 saturated carbocycles. The molecule has 1 fully saturated rings. The van der Waals surface area contributed by atoms with Gasteiger partial charge in [0.25, 0.3) is 5.91 Å². The number of carbonyl (C=O) groups excluding carboxylic acids is 2. The molecule has 92 valence electrons. The van der Waals surface area contributed by atoms with Crippen molar-refractivity contribution in [2.24, 2.45) is 0 Å². The van der Waals surface area contributed by atoms with Crippen LogP contribution in [-0.2, 0) is 9.59 Å². The van der Waals surface area contributed by atoms with Gasteiger partial charge in [0.1, 0.15) is 6.04 Å². The van der Waals surface area contributed by atoms with E-state index in [1.54, 1.807) is 18.2 Å². The maximum Gasteiger partial charge on any atom is 0.251 e. The lowest BCUT2D eigenvalue weighted by Gasteiger charge is -2.13. The lowest BCUT2D eigenvalue weighted by atomic mass is 10.2. The van der Waals surface area contributed by atoms with Crippen LogP contribution in [0.25, 0.3) is 0 Å². The Bertz CT molecular complexity index is 565. The zero-order chi connectivity index (χ0) is 13.3. The molecule has 1 aromatic carbocycles. The number of likely N-dealkylation sites (N-methyl/N-ethyl adjacent to an activating group) is 1. The van der Waals surface area contributed by atoms with Crippen molar-refractivity contribution >= 4 is 33.4 Å². The number of imide groups is 1. The minimum absolute atomic E-state index is 0.155. The van der Waals surface area contributed by atoms with E-state index in [1.807, 2.05) is 6.07 Å². The highest BCUT2D eigenvalue weighted by atomic mass is 79.9. The van der Waals surface area contributed by atoms with E-state index >= 15 is 0 Å². The number of amides is 2. The largest absolute Gasteiger partial charge is 0.372 e. The number of rotatable bonds is 2. The Hall–Kier alpha value is -1.87. The molecule has 1 aliphatic heterocycles. The summed E-state index contributed by atoms with van der Waals surface area (Å²) in [6, 6.07) is 6.51. The number of hydrogen-bond donors (Lipinski definition) is 1. The van der Waals surface area contributed by atoms with Gasteiger partial charge in [0.15, 0.2) is 0 Å². The number of nitrogens with one attached hydrogen (secondary N) is 1. The second-order valence-corrected chi connectivity index (χ2v) is 4.85. The van der Waals surface area contributed by atoms with Gasteiger partial charge in [-0.2, -0.15) is 5.26 Å². The first kappa shape index (κ1) is 12.6. The number of anilines is 1. The van der Waals surface area contributed by atoms with Crippen LogP contribution in [-0.4, -0.2) is 29.8 Å². The topological polar surface area (TPSA) is 73.2 Å². The molecule has 18 heavy (non-hydrogen) atoms. The van der Waals surface area contributed by atoms with E-state index in [-0.39, 0.29) is 18.2 Å². The van der Waals surface area contributed by atoms with Crippen molar-refractivity contribution in [1.29, 1.82) is 5.26 Å². The lowest BCUT2D eigenvalue weighted by molar-refractivity contribution is -0.136. The Morgan fingerprint density at radius 1 is 1.50 bits per heavy atom. The number of nitriles is 1. The summed E-state index contributed by atoms with van der Waals surface area (Å²) in [6.07, 6.45) is 0.155. The van der Waals surface area contributed by atoms with Crippen molar-refractivity contribution in [3.8, 4) is 6.07 Å². The van der Waals surface area contributed by atoms with E-state index in [0.29, 0.717) is 15.7 Å². The van der Waals surface area contributed by atoms with Gasteiger partial charge in [0.2, 0.25) is 5.91 Å². The zero-order valence-corrected chi connectivity index (χ0v) is 11.2. The van der Waals surface area contributed by atoms with Gasteiger partial charge in [-0.3, -0.25) is 14.5 Å². The third kappa shape index (κ3) is 2.22. The third-order valence-electron chi connectivity index (χ3n) is 2.81. The molecule has 1 heterocycles. The first-order valence-corrected chi connectivity index (χ1v) is 6.09. The van der Waals surface area contributed by atoms with Crippen LogP contribution in [0.5, 0.6) is 0 Å². The molecule has 1 atom stereocenters. The quantitative estimate of drug-likeness (QED) is 0.840. The summed E-state index contributed by atoms with van der Waals surface area (Å²) in [5, 5.41) is 11.8. The van der Waals surface area contributed by atoms with Crippen LogP contribution in [0.4, 0.5) is 5.69 Å². The van der Waals surface area contributed by atoms with Gasteiger partial charge in [-0.15, -0.1) is 0 Å². The number of benzene rings is 1. The Morgan fingerprint density at radius 2 is 2.22 bits per heavy atom. The summed E-state index contributed by atoms with van der Waals surface area (Å²) in [5.74, 6) is -0.432. The van der Waals surface area contributed by atoms with Crippen molar-refractivity contribution in [2.75, 3.05) is 12.4 Å². The fourth-order valence-corrected chi connectivity index (χ4v) is 2.25. The molecule has 6 heteroatoms. The van der Waals surface area contributed by atoms with Crippen molar-refractivity contribution < 1.29 is 9.59 Å². The monoisotopic (exact) mass is 307 g/mol. The van der Waals surface area contributed by atoms with E-state index in [1.165, 1.54) is 7.05 Å². The maximum absolute atomic E-state index is 11.7. The van der Waals surface area contributed by atoms with Gasteiger partial charge in [0, 0.05) is 17.2 Å². The van der Waals surface area contributed by atoms with Gasteiger partial charge >= 0.3 is 0 Å². The first-order valence-electron chi connectivity index (χ1n) is 5.29. The van der Waals surface area contributed by atoms with Gasteiger partial charge in [-0.05, 0) is 34.1 Å².